The maximum Gasteiger partial charge on any atom is 0.272 e. The molecule has 0 unspecified atom stereocenters. The number of hydrogen-bond acceptors (Lipinski definition) is 7. The molecule has 0 aliphatic carbocycles. The van der Waals surface area contributed by atoms with Crippen LogP contribution in [0.2, 0.25) is 0 Å². The predicted octanol–water partition coefficient (Wildman–Crippen LogP) is 5.60. The van der Waals surface area contributed by atoms with Crippen LogP contribution < -0.4 is 14.2 Å². The maximum absolute atomic E-state index is 14.6. The van der Waals surface area contributed by atoms with E-state index < -0.39 is 13.0 Å². The molecule has 0 aliphatic heterocycles. The van der Waals surface area contributed by atoms with Gasteiger partial charge in [0.25, 0.3) is 12.3 Å². The van der Waals surface area contributed by atoms with E-state index >= 15 is 0 Å². The van der Waals surface area contributed by atoms with Crippen LogP contribution in [0, 0.1) is 12.7 Å². The van der Waals surface area contributed by atoms with Crippen LogP contribution in [0.5, 0.6) is 11.6 Å². The molecule has 4 rings (SSSR count). The molecule has 1 aromatic carbocycles. The van der Waals surface area contributed by atoms with Gasteiger partial charge in [0.1, 0.15) is 18.2 Å². The van der Waals surface area contributed by atoms with Crippen LogP contribution in [-0.2, 0) is 7.05 Å². The Balaban J connectivity index is 0.00000158. The lowest BCUT2D eigenvalue weighted by Gasteiger charge is -2.13. The number of aryl methyl sites for hydroxylation is 2. The predicted molar refractivity (Wildman–Crippen MR) is 126 cm³/mol. The molecule has 0 bridgehead atoms. The first-order chi connectivity index (χ1) is 16.4. The van der Waals surface area contributed by atoms with Crippen molar-refractivity contribution in [1.82, 2.24) is 24.5 Å². The quantitative estimate of drug-likeness (QED) is 0.308. The number of alkyl halides is 2. The number of fused-ring (bicyclic) bond motifs is 1. The average molecular weight is 495 g/mol. The first-order valence-corrected chi connectivity index (χ1v) is 11.2. The van der Waals surface area contributed by atoms with Gasteiger partial charge in [0, 0.05) is 31.0 Å². The number of hydrogen-bond donors (Lipinski definition) is 2. The summed E-state index contributed by atoms with van der Waals surface area (Å²) in [4.78, 5) is 16.6. The summed E-state index contributed by atoms with van der Waals surface area (Å²) in [5.74, 6) is 0.420. The third-order valence-electron chi connectivity index (χ3n) is 4.62. The van der Waals surface area contributed by atoms with Crippen molar-refractivity contribution in [2.24, 2.45) is 7.05 Å². The van der Waals surface area contributed by atoms with Gasteiger partial charge in [0.2, 0.25) is 11.7 Å². The molecule has 0 atom stereocenters. The average Bonchev–Trinajstić information content (AvgIpc) is 3.43. The molecule has 3 heterocycles. The Morgan fingerprint density at radius 1 is 1.24 bits per heavy atom. The lowest BCUT2D eigenvalue weighted by Crippen LogP contribution is -2.11. The van der Waals surface area contributed by atoms with E-state index in [0.29, 0.717) is 22.6 Å². The molecule has 0 fully saturated rings. The Bertz CT molecular complexity index is 1260. The summed E-state index contributed by atoms with van der Waals surface area (Å²) in [6.45, 7) is 4.82. The molecule has 12 heteroatoms. The zero-order chi connectivity index (χ0) is 24.8. The molecule has 0 saturated heterocycles. The fourth-order valence-electron chi connectivity index (χ4n) is 3.19. The van der Waals surface area contributed by atoms with Crippen LogP contribution in [0.1, 0.15) is 19.5 Å². The number of anilines is 1. The smallest absolute Gasteiger partial charge is 0.272 e. The number of aromatic nitrogens is 5. The molecule has 0 spiro atoms. The van der Waals surface area contributed by atoms with Gasteiger partial charge in [-0.25, -0.2) is 23.1 Å². The van der Waals surface area contributed by atoms with Crippen LogP contribution in [0.3, 0.4) is 0 Å². The summed E-state index contributed by atoms with van der Waals surface area (Å²) in [6.07, 6.45) is 2.46. The summed E-state index contributed by atoms with van der Waals surface area (Å²) < 4.78 is 54.6. The van der Waals surface area contributed by atoms with E-state index in [1.165, 1.54) is 25.1 Å². The summed E-state index contributed by atoms with van der Waals surface area (Å²) in [5, 5.41) is 0.780. The number of ether oxygens (including phenoxy) is 2. The highest BCUT2D eigenvalue weighted by Crippen LogP contribution is 2.36. The Morgan fingerprint density at radius 3 is 2.65 bits per heavy atom. The maximum atomic E-state index is 14.6. The molecule has 182 valence electrons. The van der Waals surface area contributed by atoms with Crippen molar-refractivity contribution in [3.05, 3.63) is 42.2 Å². The second-order valence-electron chi connectivity index (χ2n) is 6.74. The number of aromatic amines is 1. The van der Waals surface area contributed by atoms with Gasteiger partial charge in [-0.15, -0.1) is 0 Å². The van der Waals surface area contributed by atoms with Gasteiger partial charge >= 0.3 is 0 Å². The number of rotatable bonds is 8. The van der Waals surface area contributed by atoms with Gasteiger partial charge in [0.05, 0.1) is 28.8 Å². The van der Waals surface area contributed by atoms with E-state index in [-0.39, 0.29) is 23.4 Å². The van der Waals surface area contributed by atoms with Crippen molar-refractivity contribution >= 4 is 28.8 Å². The number of imidazole rings is 1. The molecule has 0 aliphatic rings. The molecule has 34 heavy (non-hydrogen) atoms. The van der Waals surface area contributed by atoms with E-state index in [0.717, 1.165) is 10.3 Å². The van der Waals surface area contributed by atoms with Gasteiger partial charge in [-0.05, 0) is 31.0 Å². The first kappa shape index (κ1) is 25.2. The monoisotopic (exact) mass is 494 g/mol. The van der Waals surface area contributed by atoms with E-state index in [1.54, 1.807) is 43.2 Å². The molecule has 0 radical (unpaired) electrons. The highest BCUT2D eigenvalue weighted by molar-refractivity contribution is 8.00. The number of benzene rings is 1. The lowest BCUT2D eigenvalue weighted by atomic mass is 10.1. The van der Waals surface area contributed by atoms with Gasteiger partial charge < -0.3 is 19.0 Å². The number of halogens is 3. The molecule has 8 nitrogen and oxygen atoms in total. The minimum absolute atomic E-state index is 0.0410. The van der Waals surface area contributed by atoms with Gasteiger partial charge in [-0.3, -0.25) is 4.72 Å². The van der Waals surface area contributed by atoms with E-state index in [2.05, 4.69) is 24.7 Å². The molecular formula is C22H25F3N6O2S. The normalized spacial score (nSPS) is 10.9. The van der Waals surface area contributed by atoms with Crippen LogP contribution in [0.4, 0.5) is 19.1 Å². The Kier molecular flexibility index (Phi) is 8.26. The number of nitrogens with one attached hydrogen (secondary N) is 2. The van der Waals surface area contributed by atoms with Crippen LogP contribution in [0.15, 0.2) is 35.6 Å². The SMILES string of the molecule is CC.COc1nc(NSc2c[nH]c3c(-c4nccn4C)c(F)ccc23)nc(C)c1OCC(F)F. The van der Waals surface area contributed by atoms with E-state index in [1.807, 2.05) is 13.8 Å². The zero-order valence-electron chi connectivity index (χ0n) is 19.3. The third-order valence-corrected chi connectivity index (χ3v) is 5.46. The fourth-order valence-corrected chi connectivity index (χ4v) is 3.88. The van der Waals surface area contributed by atoms with Crippen LogP contribution >= 0.6 is 11.9 Å². The molecule has 0 amide bonds. The van der Waals surface area contributed by atoms with Crippen molar-refractivity contribution < 1.29 is 22.6 Å². The standard InChI is InChI=1S/C20H19F3N6O2S.C2H6/c1-10-17(31-9-14(22)23)19(30-3)27-20(26-10)28-32-13-8-25-16-11(13)4-5-12(21)15(16)18-24-6-7-29(18)2;1-2/h4-8,14,25H,9H2,1-3H3,(H,26,27,28);1-2H3. The summed E-state index contributed by atoms with van der Waals surface area (Å²) in [6, 6.07) is 3.06. The van der Waals surface area contributed by atoms with Gasteiger partial charge in [0.15, 0.2) is 0 Å². The second kappa shape index (κ2) is 11.1. The van der Waals surface area contributed by atoms with Gasteiger partial charge in [-0.2, -0.15) is 4.98 Å². The van der Waals surface area contributed by atoms with Crippen molar-refractivity contribution in [1.29, 1.82) is 0 Å². The Labute approximate surface area is 199 Å². The van der Waals surface area contributed by atoms with Crippen molar-refractivity contribution in [3.8, 4) is 23.0 Å². The minimum atomic E-state index is -2.63. The van der Waals surface area contributed by atoms with E-state index in [4.69, 9.17) is 9.47 Å². The molecule has 2 N–H and O–H groups in total. The second-order valence-corrected chi connectivity index (χ2v) is 7.58. The third kappa shape index (κ3) is 5.22. The molecule has 3 aromatic heterocycles. The zero-order valence-corrected chi connectivity index (χ0v) is 20.1. The van der Waals surface area contributed by atoms with Crippen LogP contribution in [0.25, 0.3) is 22.3 Å². The molecule has 4 aromatic rings. The minimum Gasteiger partial charge on any atom is -0.480 e. The first-order valence-electron chi connectivity index (χ1n) is 10.4. The highest BCUT2D eigenvalue weighted by Gasteiger charge is 2.19. The van der Waals surface area contributed by atoms with E-state index in [9.17, 15) is 13.2 Å². The van der Waals surface area contributed by atoms with Crippen molar-refractivity contribution in [3.63, 3.8) is 0 Å². The molecule has 0 saturated carbocycles. The summed E-state index contributed by atoms with van der Waals surface area (Å²) in [5.41, 5.74) is 1.32. The highest BCUT2D eigenvalue weighted by atomic mass is 32.2. The summed E-state index contributed by atoms with van der Waals surface area (Å²) >= 11 is 1.21. The molecular weight excluding hydrogens is 469 g/mol. The Morgan fingerprint density at radius 2 is 2.00 bits per heavy atom. The number of methoxy groups -OCH3 is 1. The van der Waals surface area contributed by atoms with Crippen LogP contribution in [-0.4, -0.2) is 44.6 Å². The summed E-state index contributed by atoms with van der Waals surface area (Å²) in [7, 11) is 3.16. The topological polar surface area (TPSA) is 89.9 Å². The number of nitrogens with zero attached hydrogens (tertiary/aromatic N) is 4. The Hall–Kier alpha value is -3.41. The largest absolute Gasteiger partial charge is 0.480 e. The van der Waals surface area contributed by atoms with Crippen molar-refractivity contribution in [2.45, 2.75) is 32.1 Å². The van der Waals surface area contributed by atoms with Gasteiger partial charge in [-0.1, -0.05) is 13.8 Å². The lowest BCUT2D eigenvalue weighted by molar-refractivity contribution is 0.0795. The fraction of sp³-hybridized carbons (Fsp3) is 0.318. The van der Waals surface area contributed by atoms with Crippen molar-refractivity contribution in [2.75, 3.05) is 18.4 Å². The number of H-pyrrole nitrogens is 1.